The van der Waals surface area contributed by atoms with Crippen LogP contribution < -0.4 is 4.90 Å². The molecule has 2 aliphatic heterocycles. The van der Waals surface area contributed by atoms with Crippen molar-refractivity contribution in [3.63, 3.8) is 0 Å². The first-order valence-corrected chi connectivity index (χ1v) is 13.6. The van der Waals surface area contributed by atoms with Gasteiger partial charge in [0.25, 0.3) is 0 Å². The third-order valence-electron chi connectivity index (χ3n) is 7.26. The van der Waals surface area contributed by atoms with E-state index in [4.69, 9.17) is 9.47 Å². The third kappa shape index (κ3) is 4.28. The SMILES string of the molecule is CC(C)(C)OC(=O)N1C(=O)n2c(nc3c(O)cccc32)C12CCN(c1ncnc3c1ncn3C(=O)OC(C)(C)C)CC2. The number of carbonyl (C=O) groups excluding carboxylic acids is 3. The number of imidazole rings is 2. The highest BCUT2D eigenvalue weighted by Crippen LogP contribution is 2.47. The number of carbonyl (C=O) groups is 3. The van der Waals surface area contributed by atoms with E-state index in [-0.39, 0.29) is 11.3 Å². The Kier molecular flexibility index (Phi) is 5.96. The molecule has 220 valence electrons. The Morgan fingerprint density at radius 3 is 2.26 bits per heavy atom. The molecule has 0 bridgehead atoms. The second-order valence-corrected chi connectivity index (χ2v) is 12.5. The molecule has 1 aromatic carbocycles. The van der Waals surface area contributed by atoms with Crippen LogP contribution in [0.15, 0.2) is 30.9 Å². The van der Waals surface area contributed by atoms with Crippen molar-refractivity contribution in [1.82, 2.24) is 34.0 Å². The number of para-hydroxylation sites is 1. The smallest absolute Gasteiger partial charge is 0.421 e. The van der Waals surface area contributed by atoms with Crippen molar-refractivity contribution in [2.24, 2.45) is 0 Å². The molecular formula is C28H32N8O6. The highest BCUT2D eigenvalue weighted by Gasteiger charge is 2.57. The lowest BCUT2D eigenvalue weighted by molar-refractivity contribution is 0.00876. The Morgan fingerprint density at radius 1 is 0.929 bits per heavy atom. The number of benzene rings is 1. The molecule has 1 N–H and O–H groups in total. The van der Waals surface area contributed by atoms with Gasteiger partial charge in [0.15, 0.2) is 17.0 Å². The van der Waals surface area contributed by atoms with Crippen LogP contribution in [0.1, 0.15) is 60.2 Å². The summed E-state index contributed by atoms with van der Waals surface area (Å²) >= 11 is 0. The van der Waals surface area contributed by atoms with E-state index in [1.165, 1.54) is 27.9 Å². The number of amides is 2. The van der Waals surface area contributed by atoms with E-state index >= 15 is 0 Å². The largest absolute Gasteiger partial charge is 0.506 e. The van der Waals surface area contributed by atoms with Crippen molar-refractivity contribution in [3.8, 4) is 5.75 Å². The Hall–Kier alpha value is -4.75. The van der Waals surface area contributed by atoms with Crippen molar-refractivity contribution in [3.05, 3.63) is 36.7 Å². The number of phenols is 1. The third-order valence-corrected chi connectivity index (χ3v) is 7.26. The van der Waals surface area contributed by atoms with Gasteiger partial charge in [-0.3, -0.25) is 0 Å². The van der Waals surface area contributed by atoms with Crippen LogP contribution >= 0.6 is 0 Å². The molecule has 0 unspecified atom stereocenters. The molecule has 4 aromatic rings. The molecule has 1 fully saturated rings. The minimum Gasteiger partial charge on any atom is -0.506 e. The first-order chi connectivity index (χ1) is 19.7. The summed E-state index contributed by atoms with van der Waals surface area (Å²) in [6.07, 6.45) is 1.96. The molecule has 6 rings (SSSR count). The van der Waals surface area contributed by atoms with Crippen molar-refractivity contribution in [2.45, 2.75) is 71.1 Å². The first kappa shape index (κ1) is 27.4. The minimum atomic E-state index is -1.12. The predicted molar refractivity (Wildman–Crippen MR) is 150 cm³/mol. The molecule has 42 heavy (non-hydrogen) atoms. The molecule has 3 aromatic heterocycles. The van der Waals surface area contributed by atoms with E-state index in [0.29, 0.717) is 54.3 Å². The fourth-order valence-corrected chi connectivity index (χ4v) is 5.57. The lowest BCUT2D eigenvalue weighted by Gasteiger charge is -2.42. The molecule has 0 saturated carbocycles. The van der Waals surface area contributed by atoms with Gasteiger partial charge < -0.3 is 19.5 Å². The fraction of sp³-hybridized carbons (Fsp3) is 0.464. The van der Waals surface area contributed by atoms with Crippen molar-refractivity contribution in [2.75, 3.05) is 18.0 Å². The van der Waals surface area contributed by atoms with Crippen molar-refractivity contribution in [1.29, 1.82) is 0 Å². The summed E-state index contributed by atoms with van der Waals surface area (Å²) < 4.78 is 13.8. The van der Waals surface area contributed by atoms with Crippen LogP contribution in [-0.2, 0) is 15.0 Å². The molecule has 1 spiro atoms. The maximum Gasteiger partial charge on any atom is 0.421 e. The number of phenolic OH excluding ortho intramolecular Hbond substituents is 1. The van der Waals surface area contributed by atoms with Crippen molar-refractivity contribution >= 4 is 46.2 Å². The van der Waals surface area contributed by atoms with Gasteiger partial charge in [-0.15, -0.1) is 0 Å². The Morgan fingerprint density at radius 2 is 1.60 bits per heavy atom. The van der Waals surface area contributed by atoms with Gasteiger partial charge in [0.1, 0.15) is 46.5 Å². The highest BCUT2D eigenvalue weighted by atomic mass is 16.6. The summed E-state index contributed by atoms with van der Waals surface area (Å²) in [4.78, 5) is 61.1. The second kappa shape index (κ2) is 9.13. The van der Waals surface area contributed by atoms with E-state index < -0.39 is 35.0 Å². The lowest BCUT2D eigenvalue weighted by Crippen LogP contribution is -2.55. The molecule has 14 nitrogen and oxygen atoms in total. The van der Waals surface area contributed by atoms with Gasteiger partial charge in [0.2, 0.25) is 0 Å². The zero-order valence-corrected chi connectivity index (χ0v) is 24.3. The van der Waals surface area contributed by atoms with E-state index in [0.717, 1.165) is 4.90 Å². The monoisotopic (exact) mass is 576 g/mol. The minimum absolute atomic E-state index is 0.0532. The van der Waals surface area contributed by atoms with Crippen LogP contribution in [0.2, 0.25) is 0 Å². The van der Waals surface area contributed by atoms with Gasteiger partial charge in [-0.2, -0.15) is 0 Å². The van der Waals surface area contributed by atoms with Gasteiger partial charge in [-0.25, -0.2) is 48.4 Å². The molecular weight excluding hydrogens is 544 g/mol. The van der Waals surface area contributed by atoms with Crippen LogP contribution in [0.25, 0.3) is 22.2 Å². The average Bonchev–Trinajstić information content (AvgIpc) is 3.55. The normalized spacial score (nSPS) is 16.9. The number of piperidine rings is 1. The number of rotatable bonds is 1. The number of hydrogen-bond acceptors (Lipinski definition) is 11. The van der Waals surface area contributed by atoms with Gasteiger partial charge in [0.05, 0.1) is 5.52 Å². The zero-order chi connectivity index (χ0) is 30.2. The van der Waals surface area contributed by atoms with Gasteiger partial charge >= 0.3 is 18.2 Å². The van der Waals surface area contributed by atoms with Crippen LogP contribution in [0.3, 0.4) is 0 Å². The van der Waals surface area contributed by atoms with E-state index in [1.54, 1.807) is 53.7 Å². The standard InChI is InChI=1S/C28H32N8O6/c1-26(2,3)41-24(39)34-15-31-19-20(29-14-30-21(19)34)33-12-10-28(11-13-33)22-32-18-16(8-7-9-17(18)37)35(22)23(38)36(28)25(40)42-27(4,5)6/h7-9,14-15,37H,10-13H2,1-6H3. The van der Waals surface area contributed by atoms with Crippen LogP contribution in [-0.4, -0.2) is 81.6 Å². The summed E-state index contributed by atoms with van der Waals surface area (Å²) in [5.41, 5.74) is -1.23. The highest BCUT2D eigenvalue weighted by molar-refractivity contribution is 6.02. The number of aromatic hydroxyl groups is 1. The predicted octanol–water partition coefficient (Wildman–Crippen LogP) is 4.38. The number of imide groups is 1. The van der Waals surface area contributed by atoms with Gasteiger partial charge in [-0.05, 0) is 66.5 Å². The zero-order valence-electron chi connectivity index (χ0n) is 24.3. The maximum absolute atomic E-state index is 13.9. The molecule has 2 aliphatic rings. The lowest BCUT2D eigenvalue weighted by atomic mass is 9.86. The summed E-state index contributed by atoms with van der Waals surface area (Å²) in [5, 5.41) is 10.5. The quantitative estimate of drug-likeness (QED) is 0.343. The molecule has 2 amide bonds. The number of hydrogen-bond donors (Lipinski definition) is 1. The Bertz CT molecular complexity index is 1750. The molecule has 0 aliphatic carbocycles. The number of aromatic nitrogens is 6. The van der Waals surface area contributed by atoms with E-state index in [9.17, 15) is 19.5 Å². The first-order valence-electron chi connectivity index (χ1n) is 13.6. The average molecular weight is 577 g/mol. The number of anilines is 1. The van der Waals surface area contributed by atoms with E-state index in [2.05, 4.69) is 19.9 Å². The van der Waals surface area contributed by atoms with Crippen LogP contribution in [0.5, 0.6) is 5.75 Å². The summed E-state index contributed by atoms with van der Waals surface area (Å²) in [6.45, 7) is 11.3. The van der Waals surface area contributed by atoms with Gasteiger partial charge in [-0.1, -0.05) is 6.07 Å². The molecule has 0 radical (unpaired) electrons. The molecule has 14 heteroatoms. The van der Waals surface area contributed by atoms with Crippen molar-refractivity contribution < 1.29 is 29.0 Å². The van der Waals surface area contributed by atoms with Crippen LogP contribution in [0, 0.1) is 0 Å². The summed E-state index contributed by atoms with van der Waals surface area (Å²) in [5.74, 6) is 0.829. The van der Waals surface area contributed by atoms with Crippen LogP contribution in [0.4, 0.5) is 20.2 Å². The van der Waals surface area contributed by atoms with Gasteiger partial charge in [0, 0.05) is 13.1 Å². The topological polar surface area (TPSA) is 158 Å². The number of fused-ring (bicyclic) bond motifs is 5. The fourth-order valence-electron chi connectivity index (χ4n) is 5.57. The number of ether oxygens (including phenoxy) is 2. The van der Waals surface area contributed by atoms with E-state index in [1.807, 2.05) is 4.90 Å². The summed E-state index contributed by atoms with van der Waals surface area (Å²) in [6, 6.07) is 4.24. The Labute approximate surface area is 240 Å². The maximum atomic E-state index is 13.9. The summed E-state index contributed by atoms with van der Waals surface area (Å²) in [7, 11) is 0. The Balaban J connectivity index is 1.37. The second-order valence-electron chi connectivity index (χ2n) is 12.5. The molecule has 0 atom stereocenters. The molecule has 1 saturated heterocycles. The number of nitrogens with zero attached hydrogens (tertiary/aromatic N) is 8. The molecule has 5 heterocycles.